The number of fused-ring (bicyclic) bond motifs is 1. The summed E-state index contributed by atoms with van der Waals surface area (Å²) in [6.07, 6.45) is 5.26. The molecule has 0 aliphatic heterocycles. The fourth-order valence-electron chi connectivity index (χ4n) is 2.80. The molecular weight excluding hydrogens is 352 g/mol. The minimum absolute atomic E-state index is 0.110. The Morgan fingerprint density at radius 3 is 2.69 bits per heavy atom. The minimum atomic E-state index is -3.72. The molecule has 0 aliphatic rings. The summed E-state index contributed by atoms with van der Waals surface area (Å²) in [5.41, 5.74) is 2.66. The zero-order chi connectivity index (χ0) is 18.3. The number of H-pyrrole nitrogens is 2. The zero-order valence-corrected chi connectivity index (χ0v) is 14.7. The third-order valence-corrected chi connectivity index (χ3v) is 5.74. The molecule has 0 radical (unpaired) electrons. The van der Waals surface area contributed by atoms with Gasteiger partial charge in [-0.2, -0.15) is 0 Å². The maximum Gasteiger partial charge on any atom is 0.226 e. The van der Waals surface area contributed by atoms with Gasteiger partial charge in [-0.25, -0.2) is 13.4 Å². The number of imidazole rings is 1. The van der Waals surface area contributed by atoms with Gasteiger partial charge in [-0.15, -0.1) is 0 Å². The van der Waals surface area contributed by atoms with Gasteiger partial charge in [0.15, 0.2) is 5.43 Å². The summed E-state index contributed by atoms with van der Waals surface area (Å²) in [6.45, 7) is 1.60. The highest BCUT2D eigenvalue weighted by molar-refractivity contribution is 7.90. The van der Waals surface area contributed by atoms with Crippen LogP contribution in [0.5, 0.6) is 0 Å². The van der Waals surface area contributed by atoms with Crippen molar-refractivity contribution < 1.29 is 8.42 Å². The smallest absolute Gasteiger partial charge is 0.226 e. The fraction of sp³-hybridized carbons (Fsp3) is 0.111. The normalized spacial score (nSPS) is 11.9. The van der Waals surface area contributed by atoms with Gasteiger partial charge in [-0.1, -0.05) is 0 Å². The molecule has 0 atom stereocenters. The number of sulfone groups is 1. The summed E-state index contributed by atoms with van der Waals surface area (Å²) < 4.78 is 27.4. The second-order valence-corrected chi connectivity index (χ2v) is 7.94. The van der Waals surface area contributed by atoms with Crippen LogP contribution in [0.4, 0.5) is 0 Å². The second-order valence-electron chi connectivity index (χ2n) is 6.04. The van der Waals surface area contributed by atoms with Gasteiger partial charge in [-0.05, 0) is 37.3 Å². The summed E-state index contributed by atoms with van der Waals surface area (Å²) in [7, 11) is -3.72. The standard InChI is InChI=1S/C18H16N4O3S/c1-12-16(19-7-6-17(12)23)11-26(24,25)18-20-14-5-4-13(10-15(14)21-18)22-8-2-3-9-22/h2-10H,11H2,1H3,(H,19,23)(H,20,21). The number of nitrogens with one attached hydrogen (secondary N) is 2. The van der Waals surface area contributed by atoms with Crippen molar-refractivity contribution >= 4 is 20.9 Å². The highest BCUT2D eigenvalue weighted by Gasteiger charge is 2.22. The number of aromatic nitrogens is 4. The quantitative estimate of drug-likeness (QED) is 0.577. The van der Waals surface area contributed by atoms with Gasteiger partial charge in [0, 0.05) is 41.6 Å². The van der Waals surface area contributed by atoms with Crippen molar-refractivity contribution in [2.75, 3.05) is 0 Å². The highest BCUT2D eigenvalue weighted by Crippen LogP contribution is 2.21. The number of hydrogen-bond acceptors (Lipinski definition) is 4. The Morgan fingerprint density at radius 1 is 1.15 bits per heavy atom. The molecule has 8 heteroatoms. The molecule has 3 aromatic heterocycles. The highest BCUT2D eigenvalue weighted by atomic mass is 32.2. The number of benzene rings is 1. The van der Waals surface area contributed by atoms with Crippen LogP contribution in [0.3, 0.4) is 0 Å². The molecule has 0 fully saturated rings. The van der Waals surface area contributed by atoms with E-state index in [1.165, 1.54) is 12.3 Å². The van der Waals surface area contributed by atoms with Crippen LogP contribution in [-0.4, -0.2) is 27.9 Å². The van der Waals surface area contributed by atoms with Crippen molar-refractivity contribution in [2.24, 2.45) is 0 Å². The Kier molecular flexibility index (Phi) is 3.77. The minimum Gasteiger partial charge on any atom is -0.364 e. The van der Waals surface area contributed by atoms with Crippen LogP contribution in [0.1, 0.15) is 11.3 Å². The fourth-order valence-corrected chi connectivity index (χ4v) is 4.12. The Labute approximate surface area is 149 Å². The Balaban J connectivity index is 1.73. The number of pyridine rings is 1. The molecule has 0 saturated heterocycles. The molecule has 7 nitrogen and oxygen atoms in total. The first-order valence-corrected chi connectivity index (χ1v) is 9.62. The lowest BCUT2D eigenvalue weighted by Crippen LogP contribution is -2.14. The molecule has 2 N–H and O–H groups in total. The maximum absolute atomic E-state index is 12.7. The lowest BCUT2D eigenvalue weighted by Gasteiger charge is -2.04. The van der Waals surface area contributed by atoms with Crippen LogP contribution in [0.15, 0.2) is 64.9 Å². The molecule has 0 spiro atoms. The first kappa shape index (κ1) is 16.3. The maximum atomic E-state index is 12.7. The summed E-state index contributed by atoms with van der Waals surface area (Å²) in [6, 6.07) is 10.7. The van der Waals surface area contributed by atoms with E-state index in [2.05, 4.69) is 15.0 Å². The van der Waals surface area contributed by atoms with E-state index < -0.39 is 9.84 Å². The topological polar surface area (TPSA) is 101 Å². The monoisotopic (exact) mass is 368 g/mol. The van der Waals surface area contributed by atoms with Crippen LogP contribution in [0.25, 0.3) is 16.7 Å². The van der Waals surface area contributed by atoms with Gasteiger partial charge >= 0.3 is 0 Å². The molecule has 0 bridgehead atoms. The van der Waals surface area contributed by atoms with Crippen LogP contribution in [0.2, 0.25) is 0 Å². The summed E-state index contributed by atoms with van der Waals surface area (Å²) >= 11 is 0. The molecule has 4 aromatic rings. The van der Waals surface area contributed by atoms with Gasteiger partial charge in [0.2, 0.25) is 15.0 Å². The zero-order valence-electron chi connectivity index (χ0n) is 13.9. The van der Waals surface area contributed by atoms with E-state index in [9.17, 15) is 13.2 Å². The van der Waals surface area contributed by atoms with Crippen molar-refractivity contribution in [2.45, 2.75) is 17.8 Å². The summed E-state index contributed by atoms with van der Waals surface area (Å²) in [5.74, 6) is -0.320. The van der Waals surface area contributed by atoms with Crippen LogP contribution in [0, 0.1) is 6.92 Å². The molecule has 4 rings (SSSR count). The molecule has 132 valence electrons. The summed E-state index contributed by atoms with van der Waals surface area (Å²) in [5, 5.41) is -0.110. The Bertz CT molecular complexity index is 1250. The van der Waals surface area contributed by atoms with Crippen LogP contribution < -0.4 is 5.43 Å². The predicted molar refractivity (Wildman–Crippen MR) is 98.1 cm³/mol. The molecule has 0 saturated carbocycles. The lowest BCUT2D eigenvalue weighted by molar-refractivity contribution is 0.587. The number of aromatic amines is 2. The molecule has 0 amide bonds. The van der Waals surface area contributed by atoms with E-state index in [1.54, 1.807) is 13.0 Å². The van der Waals surface area contributed by atoms with E-state index in [0.29, 0.717) is 22.3 Å². The van der Waals surface area contributed by atoms with Crippen LogP contribution >= 0.6 is 0 Å². The summed E-state index contributed by atoms with van der Waals surface area (Å²) in [4.78, 5) is 21.7. The van der Waals surface area contributed by atoms with Crippen molar-refractivity contribution in [3.63, 3.8) is 0 Å². The van der Waals surface area contributed by atoms with E-state index in [1.807, 2.05) is 41.2 Å². The van der Waals surface area contributed by atoms with E-state index in [-0.39, 0.29) is 16.3 Å². The SMILES string of the molecule is Cc1c(CS(=O)(=O)c2nc3ccc(-n4cccc4)cc3[nH]2)[nH]ccc1=O. The van der Waals surface area contributed by atoms with Gasteiger partial charge in [-0.3, -0.25) is 4.79 Å². The second kappa shape index (κ2) is 5.99. The van der Waals surface area contributed by atoms with Gasteiger partial charge < -0.3 is 14.5 Å². The molecule has 26 heavy (non-hydrogen) atoms. The molecule has 3 heterocycles. The predicted octanol–water partition coefficient (Wildman–Crippen LogP) is 2.32. The number of hydrogen-bond donors (Lipinski definition) is 2. The van der Waals surface area contributed by atoms with Gasteiger partial charge in [0.25, 0.3) is 0 Å². The van der Waals surface area contributed by atoms with Gasteiger partial charge in [0.05, 0.1) is 16.8 Å². The first-order valence-electron chi connectivity index (χ1n) is 7.97. The van der Waals surface area contributed by atoms with Crippen LogP contribution in [-0.2, 0) is 15.6 Å². The van der Waals surface area contributed by atoms with Crippen molar-refractivity contribution in [3.8, 4) is 5.69 Å². The average molecular weight is 368 g/mol. The average Bonchev–Trinajstić information content (AvgIpc) is 3.27. The first-order chi connectivity index (χ1) is 12.4. The Hall–Kier alpha value is -3.13. The van der Waals surface area contributed by atoms with E-state index in [0.717, 1.165) is 5.69 Å². The molecular formula is C18H16N4O3S. The van der Waals surface area contributed by atoms with E-state index >= 15 is 0 Å². The van der Waals surface area contributed by atoms with Crippen molar-refractivity contribution in [1.82, 2.24) is 19.5 Å². The Morgan fingerprint density at radius 2 is 1.92 bits per heavy atom. The van der Waals surface area contributed by atoms with Crippen molar-refractivity contribution in [3.05, 3.63) is 76.5 Å². The third-order valence-electron chi connectivity index (χ3n) is 4.29. The lowest BCUT2D eigenvalue weighted by atomic mass is 10.2. The largest absolute Gasteiger partial charge is 0.364 e. The molecule has 0 aliphatic carbocycles. The van der Waals surface area contributed by atoms with Gasteiger partial charge in [0.1, 0.15) is 0 Å². The third kappa shape index (κ3) is 2.84. The van der Waals surface area contributed by atoms with Crippen molar-refractivity contribution in [1.29, 1.82) is 0 Å². The number of rotatable bonds is 4. The number of nitrogens with zero attached hydrogens (tertiary/aromatic N) is 2. The molecule has 1 aromatic carbocycles. The van der Waals surface area contributed by atoms with E-state index in [4.69, 9.17) is 0 Å². The molecule has 0 unspecified atom stereocenters.